The molecular formula is C14H19Cl2NO2. The van der Waals surface area contributed by atoms with Crippen molar-refractivity contribution in [1.29, 1.82) is 0 Å². The van der Waals surface area contributed by atoms with Crippen molar-refractivity contribution < 1.29 is 27.7 Å². The van der Waals surface area contributed by atoms with E-state index < -0.39 is 5.41 Å². The van der Waals surface area contributed by atoms with E-state index in [2.05, 4.69) is 5.73 Å². The largest absolute Gasteiger partial charge is 1.00 e. The van der Waals surface area contributed by atoms with Crippen LogP contribution in [0.5, 0.6) is 0 Å². The molecule has 1 aromatic rings. The summed E-state index contributed by atoms with van der Waals surface area (Å²) in [7, 11) is 0. The van der Waals surface area contributed by atoms with Crippen molar-refractivity contribution >= 4 is 17.6 Å². The fourth-order valence-electron chi connectivity index (χ4n) is 2.47. The third kappa shape index (κ3) is 3.04. The predicted molar refractivity (Wildman–Crippen MR) is 70.2 cm³/mol. The van der Waals surface area contributed by atoms with Gasteiger partial charge >= 0.3 is 5.97 Å². The topological polar surface area (TPSA) is 53.9 Å². The van der Waals surface area contributed by atoms with Crippen LogP contribution in [0.3, 0.4) is 0 Å². The van der Waals surface area contributed by atoms with Crippen LogP contribution in [0.2, 0.25) is 5.02 Å². The second kappa shape index (κ2) is 6.12. The molecule has 3 nitrogen and oxygen atoms in total. The van der Waals surface area contributed by atoms with Crippen LogP contribution in [-0.4, -0.2) is 18.6 Å². The number of rotatable bonds is 4. The molecule has 1 fully saturated rings. The summed E-state index contributed by atoms with van der Waals surface area (Å²) < 4.78 is 5.39. The van der Waals surface area contributed by atoms with Crippen molar-refractivity contribution in [3.05, 3.63) is 34.9 Å². The van der Waals surface area contributed by atoms with Crippen molar-refractivity contribution in [3.63, 3.8) is 0 Å². The lowest BCUT2D eigenvalue weighted by Crippen LogP contribution is -3.00. The Balaban J connectivity index is 0.00000180. The van der Waals surface area contributed by atoms with Gasteiger partial charge in [0.15, 0.2) is 0 Å². The number of ether oxygens (including phenoxy) is 1. The van der Waals surface area contributed by atoms with E-state index >= 15 is 0 Å². The lowest BCUT2D eigenvalue weighted by atomic mass is 9.93. The molecular weight excluding hydrogens is 285 g/mol. The Hall–Kier alpha value is -0.770. The molecule has 1 saturated carbocycles. The van der Waals surface area contributed by atoms with Gasteiger partial charge in [0.2, 0.25) is 0 Å². The average Bonchev–Trinajstić information content (AvgIpc) is 3.05. The molecule has 0 aromatic heterocycles. The van der Waals surface area contributed by atoms with Crippen LogP contribution in [-0.2, 0) is 14.9 Å². The SMILES string of the molecule is CC(C)OC(=O)[C@]1(c2ccc(Cl)cc2)C[C@@H]1C[NH3+].[Cl-]. The molecule has 0 saturated heterocycles. The molecule has 2 atom stereocenters. The summed E-state index contributed by atoms with van der Waals surface area (Å²) in [5.41, 5.74) is 4.42. The van der Waals surface area contributed by atoms with E-state index in [1.54, 1.807) is 0 Å². The first-order chi connectivity index (χ1) is 8.50. The molecule has 2 rings (SSSR count). The minimum Gasteiger partial charge on any atom is -1.00 e. The molecule has 0 bridgehead atoms. The Morgan fingerprint density at radius 2 is 2.05 bits per heavy atom. The molecule has 19 heavy (non-hydrogen) atoms. The molecule has 0 radical (unpaired) electrons. The van der Waals surface area contributed by atoms with Crippen LogP contribution >= 0.6 is 11.6 Å². The highest BCUT2D eigenvalue weighted by atomic mass is 35.5. The van der Waals surface area contributed by atoms with E-state index in [0.717, 1.165) is 18.5 Å². The summed E-state index contributed by atoms with van der Waals surface area (Å²) in [4.78, 5) is 12.3. The molecule has 106 valence electrons. The molecule has 0 unspecified atom stereocenters. The molecule has 1 aromatic carbocycles. The van der Waals surface area contributed by atoms with E-state index in [1.807, 2.05) is 38.1 Å². The van der Waals surface area contributed by atoms with Crippen molar-refractivity contribution in [2.24, 2.45) is 5.92 Å². The highest BCUT2D eigenvalue weighted by Gasteiger charge is 2.62. The normalized spacial score (nSPS) is 24.8. The molecule has 0 spiro atoms. The molecule has 1 aliphatic rings. The van der Waals surface area contributed by atoms with E-state index in [1.165, 1.54) is 0 Å². The number of esters is 1. The zero-order chi connectivity index (χ0) is 13.3. The van der Waals surface area contributed by atoms with Gasteiger partial charge < -0.3 is 22.9 Å². The standard InChI is InChI=1S/C14H18ClNO2.ClH/c1-9(2)18-13(17)14(7-11(14)8-16)10-3-5-12(15)6-4-10;/h3-6,9,11H,7-8,16H2,1-2H3;1H/t11-,14+;/m1./s1. The van der Waals surface area contributed by atoms with Gasteiger partial charge in [-0.1, -0.05) is 23.7 Å². The van der Waals surface area contributed by atoms with Crippen molar-refractivity contribution in [2.45, 2.75) is 31.8 Å². The molecule has 0 amide bonds. The second-order valence-electron chi connectivity index (χ2n) is 5.12. The van der Waals surface area contributed by atoms with Crippen LogP contribution in [0, 0.1) is 5.92 Å². The quantitative estimate of drug-likeness (QED) is 0.710. The van der Waals surface area contributed by atoms with Crippen LogP contribution in [0.25, 0.3) is 0 Å². The number of halogens is 2. The van der Waals surface area contributed by atoms with E-state index in [-0.39, 0.29) is 30.4 Å². The Kier molecular flexibility index (Phi) is 5.25. The van der Waals surface area contributed by atoms with Crippen molar-refractivity contribution in [1.82, 2.24) is 0 Å². The minimum atomic E-state index is -0.489. The maximum absolute atomic E-state index is 12.3. The van der Waals surface area contributed by atoms with Crippen LogP contribution in [0.1, 0.15) is 25.8 Å². The molecule has 1 aliphatic carbocycles. The lowest BCUT2D eigenvalue weighted by molar-refractivity contribution is -0.373. The molecule has 0 heterocycles. The summed E-state index contributed by atoms with van der Waals surface area (Å²) in [5.74, 6) is 0.151. The molecule has 3 N–H and O–H groups in total. The zero-order valence-corrected chi connectivity index (χ0v) is 12.7. The first-order valence-corrected chi connectivity index (χ1v) is 6.65. The van der Waals surface area contributed by atoms with Gasteiger partial charge in [-0.2, -0.15) is 0 Å². The van der Waals surface area contributed by atoms with Gasteiger partial charge in [-0.25, -0.2) is 0 Å². The van der Waals surface area contributed by atoms with Crippen LogP contribution in [0.4, 0.5) is 0 Å². The van der Waals surface area contributed by atoms with Gasteiger partial charge in [-0.3, -0.25) is 4.79 Å². The summed E-state index contributed by atoms with van der Waals surface area (Å²) in [5, 5.41) is 0.679. The molecule has 0 aliphatic heterocycles. The minimum absolute atomic E-state index is 0. The Labute approximate surface area is 124 Å². The van der Waals surface area contributed by atoms with Crippen LogP contribution in [0.15, 0.2) is 24.3 Å². The highest BCUT2D eigenvalue weighted by Crippen LogP contribution is 2.54. The number of hydrogen-bond donors (Lipinski definition) is 1. The third-order valence-electron chi connectivity index (χ3n) is 3.52. The summed E-state index contributed by atoms with van der Waals surface area (Å²) in [6, 6.07) is 7.47. The Morgan fingerprint density at radius 3 is 2.47 bits per heavy atom. The lowest BCUT2D eigenvalue weighted by Gasteiger charge is -2.18. The van der Waals surface area contributed by atoms with Gasteiger partial charge in [0, 0.05) is 10.9 Å². The number of carbonyl (C=O) groups excluding carboxylic acids is 1. The van der Waals surface area contributed by atoms with Gasteiger partial charge in [-0.15, -0.1) is 0 Å². The van der Waals surface area contributed by atoms with Crippen LogP contribution < -0.4 is 18.1 Å². The van der Waals surface area contributed by atoms with E-state index in [0.29, 0.717) is 5.02 Å². The maximum atomic E-state index is 12.3. The van der Waals surface area contributed by atoms with E-state index in [9.17, 15) is 4.79 Å². The average molecular weight is 304 g/mol. The van der Waals surface area contributed by atoms with Crippen molar-refractivity contribution in [2.75, 3.05) is 6.54 Å². The Morgan fingerprint density at radius 1 is 1.47 bits per heavy atom. The number of benzene rings is 1. The fourth-order valence-corrected chi connectivity index (χ4v) is 2.59. The monoisotopic (exact) mass is 303 g/mol. The number of quaternary nitrogens is 1. The molecule has 5 heteroatoms. The van der Waals surface area contributed by atoms with Gasteiger partial charge in [0.1, 0.15) is 5.41 Å². The zero-order valence-electron chi connectivity index (χ0n) is 11.2. The Bertz CT molecular complexity index is 447. The first-order valence-electron chi connectivity index (χ1n) is 6.27. The number of carbonyl (C=O) groups is 1. The summed E-state index contributed by atoms with van der Waals surface area (Å²) in [6.07, 6.45) is 0.733. The third-order valence-corrected chi connectivity index (χ3v) is 3.77. The predicted octanol–water partition coefficient (Wildman–Crippen LogP) is -1.20. The maximum Gasteiger partial charge on any atom is 0.317 e. The number of hydrogen-bond acceptors (Lipinski definition) is 2. The van der Waals surface area contributed by atoms with Gasteiger partial charge in [-0.05, 0) is 38.0 Å². The second-order valence-corrected chi connectivity index (χ2v) is 5.56. The van der Waals surface area contributed by atoms with Gasteiger partial charge in [0.05, 0.1) is 12.6 Å². The summed E-state index contributed by atoms with van der Waals surface area (Å²) in [6.45, 7) is 4.49. The fraction of sp³-hybridized carbons (Fsp3) is 0.500. The van der Waals surface area contributed by atoms with E-state index in [4.69, 9.17) is 16.3 Å². The van der Waals surface area contributed by atoms with Crippen molar-refractivity contribution in [3.8, 4) is 0 Å². The first kappa shape index (κ1) is 16.3. The highest BCUT2D eigenvalue weighted by molar-refractivity contribution is 6.30. The smallest absolute Gasteiger partial charge is 0.317 e. The summed E-state index contributed by atoms with van der Waals surface area (Å²) >= 11 is 5.89. The van der Waals surface area contributed by atoms with Gasteiger partial charge in [0.25, 0.3) is 0 Å².